The van der Waals surface area contributed by atoms with Crippen molar-refractivity contribution in [1.82, 2.24) is 5.32 Å². The fraction of sp³-hybridized carbons (Fsp3) is 0.471. The lowest BCUT2D eigenvalue weighted by molar-refractivity contribution is -0.122. The lowest BCUT2D eigenvalue weighted by Crippen LogP contribution is -2.66. The molecule has 2 aliphatic rings. The van der Waals surface area contributed by atoms with E-state index in [4.69, 9.17) is 0 Å². The Bertz CT molecular complexity index is 669. The van der Waals surface area contributed by atoms with Gasteiger partial charge >= 0.3 is 0 Å². The Morgan fingerprint density at radius 1 is 1.36 bits per heavy atom. The minimum Gasteiger partial charge on any atom is -0.504 e. The zero-order chi connectivity index (χ0) is 16.1. The molecule has 0 bridgehead atoms. The van der Waals surface area contributed by atoms with Crippen molar-refractivity contribution >= 4 is 5.78 Å². The number of rotatable bonds is 2. The zero-order valence-corrected chi connectivity index (χ0v) is 12.8. The second kappa shape index (κ2) is 4.83. The van der Waals surface area contributed by atoms with Crippen LogP contribution in [-0.2, 0) is 16.6 Å². The number of aromatic hydroxyl groups is 2. The van der Waals surface area contributed by atoms with Gasteiger partial charge in [0, 0.05) is 23.4 Å². The number of ketones is 1. The zero-order valence-electron chi connectivity index (χ0n) is 12.8. The Morgan fingerprint density at radius 3 is 2.73 bits per heavy atom. The maximum Gasteiger partial charge on any atom is 0.161 e. The molecule has 0 saturated carbocycles. The molecule has 3 rings (SSSR count). The maximum absolute atomic E-state index is 12.1. The van der Waals surface area contributed by atoms with Crippen LogP contribution >= 0.6 is 0 Å². The van der Waals surface area contributed by atoms with E-state index in [1.165, 1.54) is 12.1 Å². The number of hydrogen-bond acceptors (Lipinski definition) is 5. The van der Waals surface area contributed by atoms with Gasteiger partial charge in [-0.25, -0.2) is 0 Å². The van der Waals surface area contributed by atoms with Gasteiger partial charge in [0.15, 0.2) is 17.3 Å². The van der Waals surface area contributed by atoms with Crippen LogP contribution in [-0.4, -0.2) is 39.8 Å². The van der Waals surface area contributed by atoms with Gasteiger partial charge in [-0.2, -0.15) is 0 Å². The summed E-state index contributed by atoms with van der Waals surface area (Å²) in [6, 6.07) is 2.94. The molecular weight excluding hydrogens is 282 g/mol. The normalized spacial score (nSPS) is 33.4. The number of carbonyl (C=O) groups is 1. The number of phenolic OH excluding ortho intramolecular Hbond substituents is 2. The first-order chi connectivity index (χ1) is 10.4. The number of nitrogens with one attached hydrogen (secondary N) is 1. The van der Waals surface area contributed by atoms with Gasteiger partial charge in [-0.05, 0) is 43.7 Å². The summed E-state index contributed by atoms with van der Waals surface area (Å²) in [5.41, 5.74) is -0.878. The largest absolute Gasteiger partial charge is 0.504 e. The van der Waals surface area contributed by atoms with E-state index in [0.29, 0.717) is 18.4 Å². The van der Waals surface area contributed by atoms with Crippen molar-refractivity contribution in [2.24, 2.45) is 0 Å². The summed E-state index contributed by atoms with van der Waals surface area (Å²) < 4.78 is 0. The van der Waals surface area contributed by atoms with Crippen molar-refractivity contribution in [3.63, 3.8) is 0 Å². The van der Waals surface area contributed by atoms with Crippen LogP contribution in [0, 0.1) is 0 Å². The molecule has 0 aromatic heterocycles. The molecule has 0 radical (unpaired) electrons. The highest BCUT2D eigenvalue weighted by Gasteiger charge is 2.59. The number of aliphatic hydroxyl groups is 1. The highest BCUT2D eigenvalue weighted by molar-refractivity contribution is 5.93. The molecule has 0 spiro atoms. The fourth-order valence-corrected chi connectivity index (χ4v) is 4.22. The van der Waals surface area contributed by atoms with Gasteiger partial charge in [-0.15, -0.1) is 0 Å². The van der Waals surface area contributed by atoms with Crippen molar-refractivity contribution in [2.45, 2.75) is 43.2 Å². The molecule has 1 aromatic carbocycles. The first-order valence-electron chi connectivity index (χ1n) is 7.55. The molecule has 3 atom stereocenters. The lowest BCUT2D eigenvalue weighted by Gasteiger charge is -2.55. The molecule has 22 heavy (non-hydrogen) atoms. The monoisotopic (exact) mass is 303 g/mol. The summed E-state index contributed by atoms with van der Waals surface area (Å²) >= 11 is 0. The number of benzene rings is 1. The van der Waals surface area contributed by atoms with Crippen LogP contribution in [0.5, 0.6) is 11.5 Å². The lowest BCUT2D eigenvalue weighted by atomic mass is 9.53. The summed E-state index contributed by atoms with van der Waals surface area (Å²) in [6.07, 6.45) is 4.07. The Morgan fingerprint density at radius 2 is 2.09 bits per heavy atom. The SMILES string of the molecule is CC[C@]12CC(=O)C=C[C@@]1(O)[C@H](NC)Cc1ccc(O)c(O)c12. The number of phenols is 2. The second-order valence-corrected chi connectivity index (χ2v) is 6.25. The molecule has 0 saturated heterocycles. The van der Waals surface area contributed by atoms with E-state index in [1.807, 2.05) is 6.92 Å². The van der Waals surface area contributed by atoms with E-state index < -0.39 is 11.0 Å². The predicted molar refractivity (Wildman–Crippen MR) is 82.0 cm³/mol. The number of allylic oxidation sites excluding steroid dienone is 1. The topological polar surface area (TPSA) is 89.8 Å². The van der Waals surface area contributed by atoms with Gasteiger partial charge in [0.05, 0.1) is 0 Å². The predicted octanol–water partition coefficient (Wildman–Crippen LogP) is 1.15. The molecule has 0 aliphatic heterocycles. The summed E-state index contributed by atoms with van der Waals surface area (Å²) in [5, 5.41) is 34.8. The van der Waals surface area contributed by atoms with E-state index in [-0.39, 0.29) is 29.7 Å². The third-order valence-electron chi connectivity index (χ3n) is 5.39. The average molecular weight is 303 g/mol. The van der Waals surface area contributed by atoms with Crippen LogP contribution in [0.1, 0.15) is 30.9 Å². The summed E-state index contributed by atoms with van der Waals surface area (Å²) in [5.74, 6) is -0.536. The maximum atomic E-state index is 12.1. The Balaban J connectivity index is 2.36. The first kappa shape index (κ1) is 15.1. The minimum atomic E-state index is -1.29. The number of hydrogen-bond donors (Lipinski definition) is 4. The van der Waals surface area contributed by atoms with Crippen molar-refractivity contribution in [1.29, 1.82) is 0 Å². The first-order valence-corrected chi connectivity index (χ1v) is 7.55. The summed E-state index contributed by atoms with van der Waals surface area (Å²) in [6.45, 7) is 1.89. The minimum absolute atomic E-state index is 0.0861. The molecule has 5 heteroatoms. The summed E-state index contributed by atoms with van der Waals surface area (Å²) in [4.78, 5) is 12.1. The van der Waals surface area contributed by atoms with Gasteiger partial charge in [0.2, 0.25) is 0 Å². The third-order valence-corrected chi connectivity index (χ3v) is 5.39. The van der Waals surface area contributed by atoms with Gasteiger partial charge in [-0.1, -0.05) is 13.0 Å². The van der Waals surface area contributed by atoms with Crippen LogP contribution in [0.3, 0.4) is 0 Å². The highest BCUT2D eigenvalue weighted by Crippen LogP contribution is 2.55. The van der Waals surface area contributed by atoms with E-state index in [2.05, 4.69) is 5.32 Å². The molecule has 0 amide bonds. The standard InChI is InChI=1S/C17H21NO4/c1-3-16-9-11(19)6-7-17(16,22)13(18-2)8-10-4-5-12(20)15(21)14(10)16/h4-7,13,18,20-22H,3,8-9H2,1-2H3/t13-,16-,17-/m1/s1. The molecule has 5 nitrogen and oxygen atoms in total. The molecule has 2 aliphatic carbocycles. The molecular formula is C17H21NO4. The molecule has 1 aromatic rings. The van der Waals surface area contributed by atoms with Gasteiger partial charge in [-0.3, -0.25) is 4.79 Å². The van der Waals surface area contributed by atoms with Crippen LogP contribution < -0.4 is 5.32 Å². The number of likely N-dealkylation sites (N-methyl/N-ethyl adjacent to an activating group) is 1. The molecule has 0 fully saturated rings. The second-order valence-electron chi connectivity index (χ2n) is 6.25. The quantitative estimate of drug-likeness (QED) is 0.615. The molecule has 0 unspecified atom stereocenters. The highest BCUT2D eigenvalue weighted by atomic mass is 16.3. The van der Waals surface area contributed by atoms with Gasteiger partial charge in [0.25, 0.3) is 0 Å². The Kier molecular flexibility index (Phi) is 3.30. The smallest absolute Gasteiger partial charge is 0.161 e. The van der Waals surface area contributed by atoms with Gasteiger partial charge in [0.1, 0.15) is 5.60 Å². The number of carbonyl (C=O) groups excluding carboxylic acids is 1. The van der Waals surface area contributed by atoms with Crippen molar-refractivity contribution < 1.29 is 20.1 Å². The number of fused-ring (bicyclic) bond motifs is 3. The third kappa shape index (κ3) is 1.69. The Hall–Kier alpha value is -1.85. The van der Waals surface area contributed by atoms with Crippen LogP contribution in [0.15, 0.2) is 24.3 Å². The summed E-state index contributed by atoms with van der Waals surface area (Å²) in [7, 11) is 1.78. The fourth-order valence-electron chi connectivity index (χ4n) is 4.22. The molecule has 0 heterocycles. The van der Waals surface area contributed by atoms with Crippen LogP contribution in [0.25, 0.3) is 0 Å². The van der Waals surface area contributed by atoms with Crippen molar-refractivity contribution in [3.8, 4) is 11.5 Å². The average Bonchev–Trinajstić information content (AvgIpc) is 2.50. The van der Waals surface area contributed by atoms with Crippen molar-refractivity contribution in [3.05, 3.63) is 35.4 Å². The van der Waals surface area contributed by atoms with E-state index >= 15 is 0 Å². The van der Waals surface area contributed by atoms with Crippen molar-refractivity contribution in [2.75, 3.05) is 7.05 Å². The van der Waals surface area contributed by atoms with Crippen LogP contribution in [0.2, 0.25) is 0 Å². The molecule has 4 N–H and O–H groups in total. The van der Waals surface area contributed by atoms with E-state index in [1.54, 1.807) is 19.2 Å². The van der Waals surface area contributed by atoms with Gasteiger partial charge < -0.3 is 20.6 Å². The Labute approximate surface area is 129 Å². The van der Waals surface area contributed by atoms with Crippen LogP contribution in [0.4, 0.5) is 0 Å². The van der Waals surface area contributed by atoms with E-state index in [9.17, 15) is 20.1 Å². The molecule has 118 valence electrons. The van der Waals surface area contributed by atoms with E-state index in [0.717, 1.165) is 5.56 Å².